The minimum Gasteiger partial charge on any atom is -0.456 e. The number of hydrogen-bond donors (Lipinski definition) is 0. The topological polar surface area (TPSA) is 29.5 Å². The molecule has 566 valence electrons. The molecule has 0 saturated carbocycles. The zero-order valence-electron chi connectivity index (χ0n) is 82.4. The van der Waals surface area contributed by atoms with Gasteiger partial charge in [-0.1, -0.05) is 308 Å². The zero-order valence-corrected chi connectivity index (χ0v) is 66.4. The highest BCUT2D eigenvalue weighted by Gasteiger charge is 2.47. The highest BCUT2D eigenvalue weighted by Crippen LogP contribution is 2.57. The smallest absolute Gasteiger partial charge is 0.252 e. The lowest BCUT2D eigenvalue weighted by Gasteiger charge is -2.46. The molecule has 0 spiro atoms. The first-order valence-electron chi connectivity index (χ1n) is 48.7. The number of nitrogens with zero attached hydrogens (tertiary/aromatic N) is 4. The number of rotatable bonds is 9. The van der Waals surface area contributed by atoms with Crippen molar-refractivity contribution < 1.29 is 26.3 Å². The predicted molar refractivity (Wildman–Crippen MR) is 511 cm³/mol. The first kappa shape index (κ1) is 55.0. The van der Waals surface area contributed by atoms with Crippen LogP contribution in [0, 0.1) is 0 Å². The molecule has 2 aliphatic rings. The Hall–Kier alpha value is -14.7. The molecule has 0 saturated heterocycles. The van der Waals surface area contributed by atoms with Gasteiger partial charge in [0, 0.05) is 88.7 Å². The Morgan fingerprint density at radius 3 is 1.09 bits per heavy atom. The van der Waals surface area contributed by atoms with Gasteiger partial charge < -0.3 is 23.4 Å². The summed E-state index contributed by atoms with van der Waals surface area (Å²) < 4.78 is 164. The molecule has 0 N–H and O–H groups in total. The number of benzene rings is 19. The van der Waals surface area contributed by atoms with E-state index in [2.05, 4.69) is 227 Å². The zero-order chi connectivity index (χ0) is 93.9. The summed E-state index contributed by atoms with van der Waals surface area (Å²) in [7, 11) is 0. The summed E-state index contributed by atoms with van der Waals surface area (Å²) in [6.45, 7) is 12.5. The Morgan fingerprint density at radius 1 is 0.267 bits per heavy atom. The summed E-state index contributed by atoms with van der Waals surface area (Å²) >= 11 is 0. The fourth-order valence-electron chi connectivity index (χ4n) is 19.3. The molecule has 0 fully saturated rings. The first-order chi connectivity index (χ1) is 65.4. The van der Waals surface area contributed by atoms with Gasteiger partial charge in [-0.2, -0.15) is 0 Å². The fourth-order valence-corrected chi connectivity index (χ4v) is 19.3. The molecule has 5 nitrogen and oxygen atoms in total. The van der Waals surface area contributed by atoms with Gasteiger partial charge in [-0.3, -0.25) is 0 Å². The van der Waals surface area contributed by atoms with Gasteiger partial charge in [-0.05, 0) is 230 Å². The van der Waals surface area contributed by atoms with Crippen molar-refractivity contribution in [3.05, 3.63) is 393 Å². The standard InChI is InChI=1S/C114H81BN4O/c1-113(2,3)80-64-93(70-27-9-7-10-28-70)111(95(66-80)77-49-54-86-75(59-77)47-45-72-31-13-15-33-84(72)86)118-104-68-82(116-100-40-22-17-35-88(100)89-36-18-23-41-101(89)116)52-56-98(104)115-99-57-53-83(117-102-42-24-19-37-90(102)91-38-20-25-43-103(91)117)69-105(99)119(107-63-79(62-106(118)110(107)115)74-51-58-109-97(61-74)92-39-21-26-44-108(92)120-109)112-94(71-29-11-8-12-30-71)65-81(114(4,5)6)67-96(112)78-50-55-87-76(60-78)48-46-73-32-14-16-34-85(73)87/h7-69H,1-6H3/i17D,18D,19D,20D,22D,23D,24D,25D,35D,36D,37D,38D,40D,41D,42D,43D. The Morgan fingerprint density at radius 2 is 0.642 bits per heavy atom. The van der Waals surface area contributed by atoms with E-state index in [0.717, 1.165) is 137 Å². The lowest BCUT2D eigenvalue weighted by Crippen LogP contribution is -2.61. The van der Waals surface area contributed by atoms with Gasteiger partial charge >= 0.3 is 0 Å². The maximum Gasteiger partial charge on any atom is 0.252 e. The third-order valence-corrected chi connectivity index (χ3v) is 25.0. The van der Waals surface area contributed by atoms with Gasteiger partial charge in [0.05, 0.1) is 55.4 Å². The van der Waals surface area contributed by atoms with Crippen LogP contribution in [-0.4, -0.2) is 15.8 Å². The summed E-state index contributed by atoms with van der Waals surface area (Å²) in [5.74, 6) is 0. The van der Waals surface area contributed by atoms with Crippen LogP contribution >= 0.6 is 0 Å². The molecule has 0 atom stereocenters. The normalized spacial score (nSPS) is 14.7. The van der Waals surface area contributed by atoms with Crippen LogP contribution in [0.5, 0.6) is 0 Å². The molecule has 6 heteroatoms. The van der Waals surface area contributed by atoms with Crippen LogP contribution in [0.4, 0.5) is 34.1 Å². The van der Waals surface area contributed by atoms with E-state index in [1.165, 1.54) is 0 Å². The van der Waals surface area contributed by atoms with E-state index in [0.29, 0.717) is 44.8 Å². The molecule has 2 aliphatic heterocycles. The Balaban J connectivity index is 0.927. The van der Waals surface area contributed by atoms with Crippen LogP contribution in [-0.2, 0) is 10.8 Å². The number of fused-ring (bicyclic) bond motifs is 19. The number of aromatic nitrogens is 2. The number of anilines is 6. The van der Waals surface area contributed by atoms with E-state index in [4.69, 9.17) is 4.42 Å². The lowest BCUT2D eigenvalue weighted by molar-refractivity contribution is 0.590. The minimum absolute atomic E-state index is 0.0699. The highest BCUT2D eigenvalue weighted by molar-refractivity contribution is 7.00. The predicted octanol–water partition coefficient (Wildman–Crippen LogP) is 29.4. The largest absolute Gasteiger partial charge is 0.456 e. The van der Waals surface area contributed by atoms with Crippen molar-refractivity contribution in [1.82, 2.24) is 9.13 Å². The Labute approximate surface area is 719 Å². The molecule has 0 unspecified atom stereocenters. The van der Waals surface area contributed by atoms with E-state index >= 15 is 0 Å². The van der Waals surface area contributed by atoms with E-state index in [1.807, 2.05) is 109 Å². The van der Waals surface area contributed by atoms with Crippen LogP contribution in [0.25, 0.3) is 176 Å². The van der Waals surface area contributed by atoms with Crippen molar-refractivity contribution in [3.63, 3.8) is 0 Å². The summed E-state index contributed by atoms with van der Waals surface area (Å²) in [6, 6.07) is 91.0. The van der Waals surface area contributed by atoms with Gasteiger partial charge in [0.25, 0.3) is 6.71 Å². The second kappa shape index (κ2) is 26.4. The van der Waals surface area contributed by atoms with E-state index < -0.39 is 114 Å². The minimum atomic E-state index is -0.863. The summed E-state index contributed by atoms with van der Waals surface area (Å²) in [4.78, 5) is 4.73. The first-order valence-corrected chi connectivity index (χ1v) is 40.7. The van der Waals surface area contributed by atoms with Crippen molar-refractivity contribution in [1.29, 1.82) is 0 Å². The maximum atomic E-state index is 10.1. The molecule has 0 bridgehead atoms. The van der Waals surface area contributed by atoms with Crippen LogP contribution in [0.2, 0.25) is 0 Å². The molecular weight excluding hydrogens is 1450 g/mol. The second-order valence-corrected chi connectivity index (χ2v) is 33.9. The van der Waals surface area contributed by atoms with Crippen molar-refractivity contribution in [2.24, 2.45) is 0 Å². The molecular formula is C114H81BN4O. The molecule has 0 aliphatic carbocycles. The molecule has 5 heterocycles. The average molecular weight is 1550 g/mol. The van der Waals surface area contributed by atoms with Gasteiger partial charge in [-0.15, -0.1) is 0 Å². The van der Waals surface area contributed by atoms with Gasteiger partial charge in [0.1, 0.15) is 11.2 Å². The van der Waals surface area contributed by atoms with Gasteiger partial charge in [0.2, 0.25) is 0 Å². The molecule has 24 rings (SSSR count). The van der Waals surface area contributed by atoms with Crippen LogP contribution in [0.15, 0.2) is 386 Å². The van der Waals surface area contributed by atoms with Crippen LogP contribution in [0.1, 0.15) is 74.6 Å². The van der Waals surface area contributed by atoms with Gasteiger partial charge in [0.15, 0.2) is 0 Å². The highest BCUT2D eigenvalue weighted by atomic mass is 16.3. The van der Waals surface area contributed by atoms with Crippen molar-refractivity contribution in [2.45, 2.75) is 52.4 Å². The molecule has 19 aromatic carbocycles. The maximum absolute atomic E-state index is 10.1. The van der Waals surface area contributed by atoms with E-state index in [1.54, 1.807) is 9.13 Å². The number of para-hydroxylation sites is 5. The van der Waals surface area contributed by atoms with E-state index in [9.17, 15) is 21.9 Å². The molecule has 22 aromatic rings. The quantitative estimate of drug-likeness (QED) is 0.107. The second-order valence-electron chi connectivity index (χ2n) is 33.9. The molecule has 3 aromatic heterocycles. The Kier molecular flexibility index (Phi) is 12.1. The lowest BCUT2D eigenvalue weighted by atomic mass is 9.33. The Bertz CT molecular complexity index is 8510. The third-order valence-electron chi connectivity index (χ3n) is 25.0. The monoisotopic (exact) mass is 1550 g/mol. The van der Waals surface area contributed by atoms with Crippen LogP contribution in [0.3, 0.4) is 0 Å². The molecule has 0 amide bonds. The van der Waals surface area contributed by atoms with Gasteiger partial charge in [-0.25, -0.2) is 0 Å². The van der Waals surface area contributed by atoms with Crippen molar-refractivity contribution in [2.75, 3.05) is 9.80 Å². The summed E-state index contributed by atoms with van der Waals surface area (Å²) in [5, 5.41) is 9.81. The van der Waals surface area contributed by atoms with Crippen molar-refractivity contribution in [3.8, 4) is 67.0 Å². The summed E-state index contributed by atoms with van der Waals surface area (Å²) in [5.41, 5.74) is 17.2. The number of hydrogen-bond acceptors (Lipinski definition) is 3. The van der Waals surface area contributed by atoms with Crippen LogP contribution < -0.4 is 26.2 Å². The average Bonchev–Trinajstić information content (AvgIpc) is 0.917. The fraction of sp³-hybridized carbons (Fsp3) is 0.0702. The number of furan rings is 1. The molecule has 0 radical (unpaired) electrons. The third kappa shape index (κ3) is 10.7. The van der Waals surface area contributed by atoms with Crippen molar-refractivity contribution >= 4 is 166 Å². The SMILES string of the molecule is [2H]c1c([2H])c([2H])c2c(c1[2H])c1c([2H])c([2H])c([2H])c([2H])c1n2-c1ccc2c(c1)N(c1c(-c3ccccc3)cc(C(C)(C)C)cc1-c1ccc3c(ccc4ccccc43)c1)c1cc(-c3ccc4oc5ccccc5c4c3)cc3c1B2c1ccc(-n2c4c([2H])c([2H])c([2H])c([2H])c4c4c([2H])c([2H])c([2H])c([2H])c42)cc1N3c1c(-c2ccccc2)cc(C(C)(C)C)cc1-c1ccc2c(ccc3ccccc32)c1. The van der Waals surface area contributed by atoms with E-state index in [-0.39, 0.29) is 55.0 Å². The summed E-state index contributed by atoms with van der Waals surface area (Å²) in [6.07, 6.45) is 0. The molecule has 120 heavy (non-hydrogen) atoms.